The molecule has 1 aromatic heterocycles. The molecule has 1 unspecified atom stereocenters. The first-order chi connectivity index (χ1) is 11.6. The highest BCUT2D eigenvalue weighted by Gasteiger charge is 2.31. The fourth-order valence-corrected chi connectivity index (χ4v) is 3.05. The SMILES string of the molecule is O=S([O-])Nc1ccc(Cl)cc1-c1nc2c(Cl)cc(C(F)(F)F)cc2[nH]1. The second kappa shape index (κ2) is 6.49. The van der Waals surface area contributed by atoms with Crippen LogP contribution in [0.25, 0.3) is 22.4 Å². The largest absolute Gasteiger partial charge is 0.755 e. The van der Waals surface area contributed by atoms with Gasteiger partial charge in [0.1, 0.15) is 11.3 Å². The lowest BCUT2D eigenvalue weighted by molar-refractivity contribution is -0.137. The van der Waals surface area contributed by atoms with Crippen LogP contribution in [0.2, 0.25) is 10.0 Å². The standard InChI is InChI=1S/C14H8Cl2F3N3O2S/c15-7-1-2-10(22-25(23)24)8(5-7)13-20-11-4-6(14(17,18)19)3-9(16)12(11)21-13/h1-5,22H,(H,20,21)(H,23,24)/p-1. The van der Waals surface area contributed by atoms with E-state index in [4.69, 9.17) is 23.2 Å². The van der Waals surface area contributed by atoms with Crippen LogP contribution in [0.3, 0.4) is 0 Å². The maximum absolute atomic E-state index is 12.9. The van der Waals surface area contributed by atoms with E-state index in [1.807, 2.05) is 0 Å². The van der Waals surface area contributed by atoms with Gasteiger partial charge in [-0.15, -0.1) is 0 Å². The molecule has 5 nitrogen and oxygen atoms in total. The normalized spacial score (nSPS) is 13.2. The number of halogens is 5. The molecule has 0 spiro atoms. The van der Waals surface area contributed by atoms with Crippen LogP contribution >= 0.6 is 23.2 Å². The van der Waals surface area contributed by atoms with Crippen molar-refractivity contribution in [2.24, 2.45) is 0 Å². The Morgan fingerprint density at radius 1 is 1.20 bits per heavy atom. The minimum atomic E-state index is -4.56. The van der Waals surface area contributed by atoms with Crippen molar-refractivity contribution in [3.05, 3.63) is 45.9 Å². The van der Waals surface area contributed by atoms with Crippen LogP contribution in [0, 0.1) is 0 Å². The van der Waals surface area contributed by atoms with Gasteiger partial charge in [0.05, 0.1) is 21.8 Å². The van der Waals surface area contributed by atoms with Gasteiger partial charge < -0.3 is 14.3 Å². The second-order valence-electron chi connectivity index (χ2n) is 4.96. The molecule has 2 N–H and O–H groups in total. The third-order valence-electron chi connectivity index (χ3n) is 3.30. The number of hydrogen-bond acceptors (Lipinski definition) is 3. The highest BCUT2D eigenvalue weighted by molar-refractivity contribution is 7.80. The molecule has 1 heterocycles. The van der Waals surface area contributed by atoms with E-state index in [0.717, 1.165) is 12.1 Å². The molecule has 132 valence electrons. The van der Waals surface area contributed by atoms with Gasteiger partial charge in [0.15, 0.2) is 0 Å². The molecule has 0 aliphatic carbocycles. The highest BCUT2D eigenvalue weighted by Crippen LogP contribution is 2.36. The van der Waals surface area contributed by atoms with E-state index in [2.05, 4.69) is 14.7 Å². The zero-order valence-corrected chi connectivity index (χ0v) is 14.3. The molecular weight excluding hydrogens is 402 g/mol. The Morgan fingerprint density at radius 2 is 1.92 bits per heavy atom. The van der Waals surface area contributed by atoms with Crippen molar-refractivity contribution in [2.75, 3.05) is 4.72 Å². The van der Waals surface area contributed by atoms with Gasteiger partial charge in [-0.3, -0.25) is 4.21 Å². The summed E-state index contributed by atoms with van der Waals surface area (Å²) in [6.45, 7) is 0. The first-order valence-electron chi connectivity index (χ1n) is 6.57. The Hall–Kier alpha value is -1.81. The third-order valence-corrected chi connectivity index (χ3v) is 4.21. The molecule has 3 rings (SSSR count). The molecule has 0 saturated carbocycles. The Morgan fingerprint density at radius 3 is 2.56 bits per heavy atom. The first kappa shape index (κ1) is 18.0. The Balaban J connectivity index is 2.19. The molecule has 1 atom stereocenters. The van der Waals surface area contributed by atoms with Gasteiger partial charge in [-0.2, -0.15) is 13.2 Å². The number of alkyl halides is 3. The Labute approximate surface area is 151 Å². The lowest BCUT2D eigenvalue weighted by Gasteiger charge is -2.12. The smallest absolute Gasteiger partial charge is 0.416 e. The number of nitrogens with one attached hydrogen (secondary N) is 2. The van der Waals surface area contributed by atoms with E-state index in [0.29, 0.717) is 5.02 Å². The number of hydrogen-bond donors (Lipinski definition) is 2. The number of fused-ring (bicyclic) bond motifs is 1. The van der Waals surface area contributed by atoms with Gasteiger partial charge in [0, 0.05) is 21.9 Å². The summed E-state index contributed by atoms with van der Waals surface area (Å²) in [6, 6.07) is 5.94. The zero-order valence-electron chi connectivity index (χ0n) is 11.9. The van der Waals surface area contributed by atoms with Gasteiger partial charge >= 0.3 is 6.18 Å². The first-order valence-corrected chi connectivity index (χ1v) is 8.40. The number of H-pyrrole nitrogens is 1. The number of anilines is 1. The number of benzene rings is 2. The molecule has 0 radical (unpaired) electrons. The fraction of sp³-hybridized carbons (Fsp3) is 0.0714. The number of aromatic amines is 1. The van der Waals surface area contributed by atoms with Gasteiger partial charge in [-0.25, -0.2) is 4.98 Å². The number of aromatic nitrogens is 2. The minimum absolute atomic E-state index is 0.0593. The van der Waals surface area contributed by atoms with E-state index in [1.54, 1.807) is 0 Å². The Kier molecular flexibility index (Phi) is 4.67. The van der Waals surface area contributed by atoms with E-state index in [-0.39, 0.29) is 33.1 Å². The summed E-state index contributed by atoms with van der Waals surface area (Å²) < 4.78 is 62.7. The molecule has 0 aliphatic rings. The van der Waals surface area contributed by atoms with Crippen LogP contribution in [0.5, 0.6) is 0 Å². The summed E-state index contributed by atoms with van der Waals surface area (Å²) >= 11 is 9.22. The third kappa shape index (κ3) is 3.74. The Bertz CT molecular complexity index is 991. The quantitative estimate of drug-likeness (QED) is 0.612. The van der Waals surface area contributed by atoms with Crippen LogP contribution in [0.4, 0.5) is 18.9 Å². The summed E-state index contributed by atoms with van der Waals surface area (Å²) in [5, 5.41) is 0.107. The van der Waals surface area contributed by atoms with Crippen LogP contribution in [-0.2, 0) is 17.4 Å². The van der Waals surface area contributed by atoms with E-state index in [9.17, 15) is 21.9 Å². The van der Waals surface area contributed by atoms with E-state index in [1.165, 1.54) is 18.2 Å². The number of rotatable bonds is 3. The molecular formula is C14H7Cl2F3N3O2S-. The molecule has 25 heavy (non-hydrogen) atoms. The summed E-state index contributed by atoms with van der Waals surface area (Å²) in [4.78, 5) is 6.87. The van der Waals surface area contributed by atoms with Gasteiger partial charge in [-0.05, 0) is 30.3 Å². The second-order valence-corrected chi connectivity index (χ2v) is 6.48. The lowest BCUT2D eigenvalue weighted by Crippen LogP contribution is -2.04. The monoisotopic (exact) mass is 408 g/mol. The summed E-state index contributed by atoms with van der Waals surface area (Å²) in [7, 11) is 0. The van der Waals surface area contributed by atoms with Crippen molar-refractivity contribution >= 4 is 51.2 Å². The van der Waals surface area contributed by atoms with Crippen LogP contribution in [0.15, 0.2) is 30.3 Å². The van der Waals surface area contributed by atoms with Crippen molar-refractivity contribution in [3.8, 4) is 11.4 Å². The molecule has 0 fully saturated rings. The van der Waals surface area contributed by atoms with Crippen LogP contribution < -0.4 is 4.72 Å². The van der Waals surface area contributed by atoms with Gasteiger partial charge in [0.25, 0.3) is 0 Å². The predicted octanol–water partition coefficient (Wildman–Crippen LogP) is 4.76. The van der Waals surface area contributed by atoms with Crippen LogP contribution in [0.1, 0.15) is 5.56 Å². The minimum Gasteiger partial charge on any atom is -0.755 e. The molecule has 3 aromatic rings. The van der Waals surface area contributed by atoms with E-state index < -0.39 is 23.0 Å². The molecule has 0 aliphatic heterocycles. The summed E-state index contributed by atoms with van der Waals surface area (Å²) in [6.07, 6.45) is -4.56. The zero-order chi connectivity index (χ0) is 18.4. The van der Waals surface area contributed by atoms with Crippen molar-refractivity contribution in [3.63, 3.8) is 0 Å². The maximum Gasteiger partial charge on any atom is 0.416 e. The lowest BCUT2D eigenvalue weighted by atomic mass is 10.2. The van der Waals surface area contributed by atoms with Gasteiger partial charge in [0.2, 0.25) is 0 Å². The summed E-state index contributed by atoms with van der Waals surface area (Å²) in [5.74, 6) is 0.117. The van der Waals surface area contributed by atoms with Crippen molar-refractivity contribution in [1.82, 2.24) is 9.97 Å². The molecule has 0 saturated heterocycles. The average molecular weight is 409 g/mol. The summed E-state index contributed by atoms with van der Waals surface area (Å²) in [5.41, 5.74) is -0.324. The topological polar surface area (TPSA) is 80.8 Å². The van der Waals surface area contributed by atoms with Crippen LogP contribution in [-0.4, -0.2) is 18.7 Å². The number of nitrogens with zero attached hydrogens (tertiary/aromatic N) is 1. The number of imidazole rings is 1. The van der Waals surface area contributed by atoms with E-state index >= 15 is 0 Å². The van der Waals surface area contributed by atoms with Crippen molar-refractivity contribution in [2.45, 2.75) is 6.18 Å². The highest BCUT2D eigenvalue weighted by atomic mass is 35.5. The fourth-order valence-electron chi connectivity index (χ4n) is 2.26. The predicted molar refractivity (Wildman–Crippen MR) is 89.1 cm³/mol. The maximum atomic E-state index is 12.9. The van der Waals surface area contributed by atoms with Gasteiger partial charge in [-0.1, -0.05) is 23.2 Å². The molecule has 11 heteroatoms. The van der Waals surface area contributed by atoms with Crippen molar-refractivity contribution in [1.29, 1.82) is 0 Å². The molecule has 2 aromatic carbocycles. The van der Waals surface area contributed by atoms with Crippen molar-refractivity contribution < 1.29 is 21.9 Å². The average Bonchev–Trinajstić information content (AvgIpc) is 2.92. The molecule has 0 amide bonds. The molecule has 0 bridgehead atoms.